The van der Waals surface area contributed by atoms with Crippen LogP contribution in [-0.2, 0) is 20.3 Å². The smallest absolute Gasteiger partial charge is 0.334 e. The van der Waals surface area contributed by atoms with E-state index in [1.807, 2.05) is 0 Å². The Hall–Kier alpha value is -4.28. The summed E-state index contributed by atoms with van der Waals surface area (Å²) in [4.78, 5) is 8.23. The first-order valence-electron chi connectivity index (χ1n) is 10.4. The number of aromatic nitrogens is 6. The first-order valence-corrected chi connectivity index (χ1v) is 10.4. The van der Waals surface area contributed by atoms with Gasteiger partial charge in [0.1, 0.15) is 11.6 Å². The lowest BCUT2D eigenvalue weighted by Crippen LogP contribution is -2.04. The summed E-state index contributed by atoms with van der Waals surface area (Å²) in [5.41, 5.74) is 2.71. The van der Waals surface area contributed by atoms with Gasteiger partial charge in [0.05, 0.1) is 6.20 Å². The molecular formula is C24H18F4N6O. The normalized spacial score (nSPS) is 11.9. The van der Waals surface area contributed by atoms with Crippen LogP contribution in [0, 0.1) is 12.7 Å². The highest BCUT2D eigenvalue weighted by atomic mass is 19.4. The van der Waals surface area contributed by atoms with Gasteiger partial charge in [0.2, 0.25) is 5.82 Å². The Labute approximate surface area is 196 Å². The van der Waals surface area contributed by atoms with Crippen molar-refractivity contribution in [1.29, 1.82) is 0 Å². The highest BCUT2D eigenvalue weighted by Gasteiger charge is 2.34. The standard InChI is InChI=1S/C24H18F4N6O/c1-13-8-14(22-30-20(12-33(22)2)24(26,27)28)4-6-17(13)21-31-23(35-32-21)18-7-5-16(25)9-19(18)15-10-29-34(3)11-15/h4-12H,1-3H3. The average Bonchev–Trinajstić information content (AvgIpc) is 3.53. The quantitative estimate of drug-likeness (QED) is 0.309. The van der Waals surface area contributed by atoms with E-state index in [1.165, 1.54) is 23.7 Å². The highest BCUT2D eigenvalue weighted by molar-refractivity contribution is 5.80. The lowest BCUT2D eigenvalue weighted by atomic mass is 10.0. The molecule has 2 aromatic carbocycles. The zero-order chi connectivity index (χ0) is 24.9. The van der Waals surface area contributed by atoms with Gasteiger partial charge in [-0.1, -0.05) is 17.3 Å². The van der Waals surface area contributed by atoms with Gasteiger partial charge in [-0.15, -0.1) is 0 Å². The van der Waals surface area contributed by atoms with Gasteiger partial charge in [-0.2, -0.15) is 23.3 Å². The first-order chi connectivity index (χ1) is 16.6. The molecule has 0 atom stereocenters. The molecule has 0 amide bonds. The van der Waals surface area contributed by atoms with Crippen molar-refractivity contribution >= 4 is 0 Å². The van der Waals surface area contributed by atoms with E-state index >= 15 is 0 Å². The van der Waals surface area contributed by atoms with Gasteiger partial charge in [-0.3, -0.25) is 4.68 Å². The molecule has 0 saturated carbocycles. The summed E-state index contributed by atoms with van der Waals surface area (Å²) in [5.74, 6) is 0.262. The predicted octanol–water partition coefficient (Wildman–Crippen LogP) is 5.67. The zero-order valence-corrected chi connectivity index (χ0v) is 18.8. The van der Waals surface area contributed by atoms with Crippen LogP contribution in [0.5, 0.6) is 0 Å². The van der Waals surface area contributed by atoms with Crippen molar-refractivity contribution in [2.45, 2.75) is 13.1 Å². The van der Waals surface area contributed by atoms with Gasteiger partial charge in [0, 0.05) is 54.3 Å². The summed E-state index contributed by atoms with van der Waals surface area (Å²) in [6.07, 6.45) is -0.214. The minimum atomic E-state index is -4.53. The molecule has 0 fully saturated rings. The SMILES string of the molecule is Cc1cc(-c2nc(C(F)(F)F)cn2C)ccc1-c1noc(-c2ccc(F)cc2-c2cnn(C)c2)n1. The zero-order valence-electron chi connectivity index (χ0n) is 18.8. The van der Waals surface area contributed by atoms with E-state index in [1.54, 1.807) is 55.3 Å². The second-order valence-electron chi connectivity index (χ2n) is 8.10. The molecule has 0 unspecified atom stereocenters. The van der Waals surface area contributed by atoms with Crippen molar-refractivity contribution in [3.63, 3.8) is 0 Å². The van der Waals surface area contributed by atoms with Gasteiger partial charge in [-0.25, -0.2) is 9.37 Å². The number of hydrogen-bond donors (Lipinski definition) is 0. The number of nitrogens with zero attached hydrogens (tertiary/aromatic N) is 6. The summed E-state index contributed by atoms with van der Waals surface area (Å²) in [6.45, 7) is 1.79. The minimum Gasteiger partial charge on any atom is -0.334 e. The third kappa shape index (κ3) is 4.20. The van der Waals surface area contributed by atoms with Gasteiger partial charge in [0.15, 0.2) is 5.69 Å². The highest BCUT2D eigenvalue weighted by Crippen LogP contribution is 2.35. The molecule has 0 bridgehead atoms. The Balaban J connectivity index is 1.50. The van der Waals surface area contributed by atoms with E-state index < -0.39 is 17.7 Å². The van der Waals surface area contributed by atoms with Crippen LogP contribution < -0.4 is 0 Å². The van der Waals surface area contributed by atoms with E-state index in [4.69, 9.17) is 4.52 Å². The van der Waals surface area contributed by atoms with Gasteiger partial charge in [-0.05, 0) is 36.8 Å². The maximum Gasteiger partial charge on any atom is 0.434 e. The van der Waals surface area contributed by atoms with Crippen LogP contribution in [0.15, 0.2) is 59.5 Å². The van der Waals surface area contributed by atoms with E-state index in [-0.39, 0.29) is 11.7 Å². The fourth-order valence-corrected chi connectivity index (χ4v) is 3.87. The fourth-order valence-electron chi connectivity index (χ4n) is 3.87. The van der Waals surface area contributed by atoms with E-state index in [0.717, 1.165) is 11.8 Å². The number of aryl methyl sites for hydroxylation is 3. The van der Waals surface area contributed by atoms with E-state index in [9.17, 15) is 17.6 Å². The number of halogens is 4. The summed E-state index contributed by atoms with van der Waals surface area (Å²) >= 11 is 0. The third-order valence-electron chi connectivity index (χ3n) is 5.55. The first kappa shape index (κ1) is 22.5. The molecule has 0 aliphatic heterocycles. The Morgan fingerprint density at radius 1 is 0.886 bits per heavy atom. The maximum atomic E-state index is 14.0. The fraction of sp³-hybridized carbons (Fsp3) is 0.167. The number of rotatable bonds is 4. The van der Waals surface area contributed by atoms with Gasteiger partial charge in [0.25, 0.3) is 5.89 Å². The molecule has 0 aliphatic rings. The van der Waals surface area contributed by atoms with Crippen LogP contribution in [0.25, 0.3) is 45.4 Å². The van der Waals surface area contributed by atoms with Crippen LogP contribution in [0.1, 0.15) is 11.3 Å². The minimum absolute atomic E-state index is 0.188. The van der Waals surface area contributed by atoms with Gasteiger partial charge < -0.3 is 9.09 Å². The molecule has 5 rings (SSSR count). The second kappa shape index (κ2) is 8.19. The largest absolute Gasteiger partial charge is 0.434 e. The molecule has 3 aromatic heterocycles. The summed E-state index contributed by atoms with van der Waals surface area (Å²) in [5, 5.41) is 8.21. The van der Waals surface area contributed by atoms with Crippen molar-refractivity contribution in [1.82, 2.24) is 29.5 Å². The van der Waals surface area contributed by atoms with Gasteiger partial charge >= 0.3 is 6.18 Å². The molecular weight excluding hydrogens is 464 g/mol. The molecule has 0 saturated heterocycles. The molecule has 3 heterocycles. The molecule has 0 N–H and O–H groups in total. The summed E-state index contributed by atoms with van der Waals surface area (Å²) in [6, 6.07) is 9.31. The lowest BCUT2D eigenvalue weighted by Gasteiger charge is -2.06. The average molecular weight is 482 g/mol. The predicted molar refractivity (Wildman–Crippen MR) is 119 cm³/mol. The summed E-state index contributed by atoms with van der Waals surface area (Å²) in [7, 11) is 3.27. The molecule has 7 nitrogen and oxygen atoms in total. The molecule has 0 radical (unpaired) electrons. The third-order valence-corrected chi connectivity index (χ3v) is 5.55. The van der Waals surface area contributed by atoms with E-state index in [0.29, 0.717) is 33.6 Å². The molecule has 11 heteroatoms. The second-order valence-corrected chi connectivity index (χ2v) is 8.10. The Kier molecular flexibility index (Phi) is 5.27. The Morgan fingerprint density at radius 2 is 1.66 bits per heavy atom. The number of imidazole rings is 1. The monoisotopic (exact) mass is 482 g/mol. The lowest BCUT2D eigenvalue weighted by molar-refractivity contribution is -0.140. The van der Waals surface area contributed by atoms with Crippen LogP contribution in [-0.4, -0.2) is 29.5 Å². The van der Waals surface area contributed by atoms with Crippen LogP contribution in [0.4, 0.5) is 17.6 Å². The van der Waals surface area contributed by atoms with Crippen molar-refractivity contribution in [2.24, 2.45) is 14.1 Å². The summed E-state index contributed by atoms with van der Waals surface area (Å²) < 4.78 is 61.5. The Bertz CT molecular complexity index is 1550. The maximum absolute atomic E-state index is 14.0. The molecule has 5 aromatic rings. The van der Waals surface area contributed by atoms with Crippen molar-refractivity contribution < 1.29 is 22.1 Å². The molecule has 0 aliphatic carbocycles. The van der Waals surface area contributed by atoms with Crippen LogP contribution >= 0.6 is 0 Å². The number of hydrogen-bond acceptors (Lipinski definition) is 5. The van der Waals surface area contributed by atoms with Crippen molar-refractivity contribution in [2.75, 3.05) is 0 Å². The van der Waals surface area contributed by atoms with Crippen molar-refractivity contribution in [3.05, 3.63) is 72.1 Å². The van der Waals surface area contributed by atoms with Crippen LogP contribution in [0.3, 0.4) is 0 Å². The van der Waals surface area contributed by atoms with Crippen molar-refractivity contribution in [3.8, 4) is 45.4 Å². The molecule has 0 spiro atoms. The van der Waals surface area contributed by atoms with Crippen LogP contribution in [0.2, 0.25) is 0 Å². The van der Waals surface area contributed by atoms with E-state index in [2.05, 4.69) is 20.2 Å². The Morgan fingerprint density at radius 3 is 2.31 bits per heavy atom. The number of benzene rings is 2. The molecule has 178 valence electrons. The molecule has 35 heavy (non-hydrogen) atoms. The topological polar surface area (TPSA) is 74.6 Å². The number of alkyl halides is 3.